The molecule has 0 spiro atoms. The molecule has 1 aromatic rings. The summed E-state index contributed by atoms with van der Waals surface area (Å²) in [6, 6.07) is 3.54. The zero-order chi connectivity index (χ0) is 17.1. The summed E-state index contributed by atoms with van der Waals surface area (Å²) in [5, 5.41) is 10.1. The molecule has 0 aliphatic carbocycles. The average molecular weight is 320 g/mol. The fourth-order valence-electron chi connectivity index (χ4n) is 1.24. The lowest BCUT2D eigenvalue weighted by molar-refractivity contribution is -0.132. The maximum absolute atomic E-state index is 13.6. The summed E-state index contributed by atoms with van der Waals surface area (Å²) in [6.07, 6.45) is 0. The maximum Gasteiger partial charge on any atom is 0.335 e. The molecule has 8 nitrogen and oxygen atoms in total. The predicted octanol–water partition coefficient (Wildman–Crippen LogP) is 0.636. The van der Waals surface area contributed by atoms with Crippen molar-refractivity contribution in [3.05, 3.63) is 29.6 Å². The van der Waals surface area contributed by atoms with Gasteiger partial charge in [0.25, 0.3) is 0 Å². The number of benzene rings is 1. The van der Waals surface area contributed by atoms with Crippen molar-refractivity contribution in [2.75, 3.05) is 19.2 Å². The number of aliphatic hydroxyl groups excluding tert-OH is 1. The summed E-state index contributed by atoms with van der Waals surface area (Å²) < 4.78 is 23.5. The molecule has 1 rings (SSSR count). The maximum atomic E-state index is 13.6. The zero-order valence-electron chi connectivity index (χ0n) is 12.1. The van der Waals surface area contributed by atoms with E-state index in [0.29, 0.717) is 0 Å². The number of amides is 3. The smallest absolute Gasteiger partial charge is 0.335 e. The number of urea groups is 1. The fourth-order valence-corrected chi connectivity index (χ4v) is 1.24. The van der Waals surface area contributed by atoms with Gasteiger partial charge in [0.05, 0.1) is 5.69 Å². The van der Waals surface area contributed by atoms with E-state index in [4.69, 9.17) is 15.8 Å². The van der Waals surface area contributed by atoms with Crippen LogP contribution in [0, 0.1) is 5.82 Å². The summed E-state index contributed by atoms with van der Waals surface area (Å²) >= 11 is 0. The minimum Gasteiger partial charge on any atom is -0.366 e. The molecule has 0 aliphatic rings. The topological polar surface area (TPSA) is 117 Å². The highest BCUT2D eigenvalue weighted by atomic mass is 19.1. The summed E-state index contributed by atoms with van der Waals surface area (Å²) in [6.45, 7) is -0.219. The second kappa shape index (κ2) is 10.4. The van der Waals surface area contributed by atoms with Gasteiger partial charge in [-0.2, -0.15) is 0 Å². The van der Waals surface area contributed by atoms with Crippen LogP contribution in [0.2, 0.25) is 0 Å². The van der Waals surface area contributed by atoms with Crippen molar-refractivity contribution in [3.63, 3.8) is 0 Å². The van der Waals surface area contributed by atoms with Crippen LogP contribution in [0.4, 0.5) is 19.3 Å². The Morgan fingerprint density at radius 2 is 2.05 bits per heavy atom. The van der Waals surface area contributed by atoms with Crippen molar-refractivity contribution >= 4 is 17.6 Å². The molecule has 0 saturated heterocycles. The van der Waals surface area contributed by atoms with Crippen LogP contribution in [0.1, 0.15) is 12.5 Å². The molecular formula is C12H18F2N4O4. The van der Waals surface area contributed by atoms with Crippen molar-refractivity contribution < 1.29 is 28.3 Å². The molecule has 124 valence electrons. The van der Waals surface area contributed by atoms with Crippen molar-refractivity contribution in [1.82, 2.24) is 10.5 Å². The van der Waals surface area contributed by atoms with Gasteiger partial charge in [-0.05, 0) is 12.1 Å². The molecular weight excluding hydrogens is 302 g/mol. The van der Waals surface area contributed by atoms with Crippen molar-refractivity contribution in [2.24, 2.45) is 5.84 Å². The molecule has 0 saturated carbocycles. The summed E-state index contributed by atoms with van der Waals surface area (Å²) in [5.41, 5.74) is 2.39. The third kappa shape index (κ3) is 7.47. The standard InChI is InChI=1S/C11H15FN4O3.CH3FO/c1-7(17)15-19-6-8-9(12)4-3-5-10(8)14-11(18)16(2)13;2-1-3/h3-5H,6,13H2,1-2H3,(H,14,18)(H,15,17);3H,1H2. The van der Waals surface area contributed by atoms with E-state index < -0.39 is 24.6 Å². The third-order valence-corrected chi connectivity index (χ3v) is 2.11. The Morgan fingerprint density at radius 3 is 2.55 bits per heavy atom. The molecule has 0 atom stereocenters. The minimum atomic E-state index is -1.25. The molecule has 0 fully saturated rings. The number of carbonyl (C=O) groups is 2. The molecule has 0 bridgehead atoms. The number of nitrogens with one attached hydrogen (secondary N) is 2. The van der Waals surface area contributed by atoms with Gasteiger partial charge in [-0.25, -0.2) is 24.9 Å². The van der Waals surface area contributed by atoms with Crippen molar-refractivity contribution in [1.29, 1.82) is 0 Å². The van der Waals surface area contributed by atoms with E-state index in [2.05, 4.69) is 10.8 Å². The first-order chi connectivity index (χ1) is 10.3. The molecule has 22 heavy (non-hydrogen) atoms. The van der Waals surface area contributed by atoms with Gasteiger partial charge in [0.2, 0.25) is 5.91 Å². The summed E-state index contributed by atoms with van der Waals surface area (Å²) in [4.78, 5) is 26.9. The van der Waals surface area contributed by atoms with Crippen molar-refractivity contribution in [2.45, 2.75) is 13.5 Å². The largest absolute Gasteiger partial charge is 0.366 e. The lowest BCUT2D eigenvalue weighted by atomic mass is 10.2. The van der Waals surface area contributed by atoms with E-state index in [-0.39, 0.29) is 17.9 Å². The van der Waals surface area contributed by atoms with E-state index in [0.717, 1.165) is 5.01 Å². The molecule has 10 heteroatoms. The normalized spacial score (nSPS) is 9.36. The Balaban J connectivity index is 0.00000135. The Hall–Kier alpha value is -2.30. The lowest BCUT2D eigenvalue weighted by Gasteiger charge is -2.15. The number of hydroxylamine groups is 1. The number of hydrogen-bond acceptors (Lipinski definition) is 5. The second-order valence-electron chi connectivity index (χ2n) is 3.87. The van der Waals surface area contributed by atoms with Crippen molar-refractivity contribution in [3.8, 4) is 0 Å². The SMILES string of the molecule is CC(=O)NOCc1c(F)cccc1NC(=O)N(C)N.OCF. The molecule has 0 unspecified atom stereocenters. The first-order valence-electron chi connectivity index (χ1n) is 5.95. The third-order valence-electron chi connectivity index (χ3n) is 2.11. The molecule has 5 N–H and O–H groups in total. The van der Waals surface area contributed by atoms with Crippen LogP contribution in [0.15, 0.2) is 18.2 Å². The molecule has 0 radical (unpaired) electrons. The monoisotopic (exact) mass is 320 g/mol. The number of aliphatic hydroxyl groups is 1. The minimum absolute atomic E-state index is 0.103. The van der Waals surface area contributed by atoms with Crippen LogP contribution in [-0.4, -0.2) is 36.0 Å². The number of alkyl halides is 1. The van der Waals surface area contributed by atoms with E-state index in [9.17, 15) is 18.4 Å². The summed E-state index contributed by atoms with van der Waals surface area (Å²) in [7, 11) is 1.35. The number of anilines is 1. The first kappa shape index (κ1) is 19.7. The lowest BCUT2D eigenvalue weighted by Crippen LogP contribution is -2.37. The van der Waals surface area contributed by atoms with E-state index in [1.54, 1.807) is 0 Å². The average Bonchev–Trinajstić information content (AvgIpc) is 2.42. The van der Waals surface area contributed by atoms with Gasteiger partial charge in [-0.1, -0.05) is 6.07 Å². The van der Waals surface area contributed by atoms with Crippen LogP contribution in [-0.2, 0) is 16.2 Å². The van der Waals surface area contributed by atoms with Gasteiger partial charge >= 0.3 is 6.03 Å². The fraction of sp³-hybridized carbons (Fsp3) is 0.333. The second-order valence-corrected chi connectivity index (χ2v) is 3.87. The van der Waals surface area contributed by atoms with E-state index >= 15 is 0 Å². The number of halogens is 2. The van der Waals surface area contributed by atoms with Crippen LogP contribution in [0.3, 0.4) is 0 Å². The molecule has 0 aromatic heterocycles. The van der Waals surface area contributed by atoms with Gasteiger partial charge in [0, 0.05) is 19.5 Å². The number of carbonyl (C=O) groups excluding carboxylic acids is 2. The predicted molar refractivity (Wildman–Crippen MR) is 74.2 cm³/mol. The highest BCUT2D eigenvalue weighted by molar-refractivity contribution is 5.89. The quantitative estimate of drug-likeness (QED) is 0.369. The first-order valence-corrected chi connectivity index (χ1v) is 5.95. The molecule has 3 amide bonds. The number of hydrogen-bond donors (Lipinski definition) is 4. The van der Waals surface area contributed by atoms with Gasteiger partial charge in [0.15, 0.2) is 6.86 Å². The van der Waals surface area contributed by atoms with Crippen LogP contribution < -0.4 is 16.6 Å². The Morgan fingerprint density at radius 1 is 1.45 bits per heavy atom. The molecule has 0 aliphatic heterocycles. The van der Waals surface area contributed by atoms with Crippen LogP contribution in [0.25, 0.3) is 0 Å². The number of hydrazine groups is 1. The van der Waals surface area contributed by atoms with Crippen LogP contribution in [0.5, 0.6) is 0 Å². The highest BCUT2D eigenvalue weighted by Gasteiger charge is 2.12. The molecule has 0 heterocycles. The Labute approximate surface area is 125 Å². The van der Waals surface area contributed by atoms with Gasteiger partial charge in [-0.15, -0.1) is 0 Å². The highest BCUT2D eigenvalue weighted by Crippen LogP contribution is 2.19. The van der Waals surface area contributed by atoms with Gasteiger partial charge in [-0.3, -0.25) is 14.6 Å². The molecule has 1 aromatic carbocycles. The van der Waals surface area contributed by atoms with E-state index in [1.165, 1.54) is 32.2 Å². The van der Waals surface area contributed by atoms with Crippen LogP contribution >= 0.6 is 0 Å². The zero-order valence-corrected chi connectivity index (χ0v) is 12.1. The van der Waals surface area contributed by atoms with E-state index in [1.807, 2.05) is 0 Å². The Kier molecular flexibility index (Phi) is 9.34. The summed E-state index contributed by atoms with van der Waals surface area (Å²) in [5.74, 6) is 4.27. The number of rotatable bonds is 4. The Bertz CT molecular complexity index is 500. The van der Waals surface area contributed by atoms with Gasteiger partial charge in [0.1, 0.15) is 12.4 Å². The number of nitrogens with two attached hydrogens (primary N) is 1. The number of nitrogens with zero attached hydrogens (tertiary/aromatic N) is 1. The van der Waals surface area contributed by atoms with Gasteiger partial charge < -0.3 is 10.4 Å².